The van der Waals surface area contributed by atoms with E-state index in [0.29, 0.717) is 17.3 Å². The number of ether oxygens (including phenoxy) is 1. The summed E-state index contributed by atoms with van der Waals surface area (Å²) in [4.78, 5) is 16.1. The molecule has 0 bridgehead atoms. The van der Waals surface area contributed by atoms with Crippen LogP contribution in [0.25, 0.3) is 0 Å². The molecule has 2 N–H and O–H groups in total. The Hall–Kier alpha value is -3.42. The van der Waals surface area contributed by atoms with Crippen LogP contribution in [0.1, 0.15) is 26.5 Å². The number of hydrogen-bond donors (Lipinski definition) is 2. The van der Waals surface area contributed by atoms with E-state index in [9.17, 15) is 9.18 Å². The molecule has 0 aliphatic heterocycles. The normalized spacial score (nSPS) is 11.2. The molecule has 7 nitrogen and oxygen atoms in total. The van der Waals surface area contributed by atoms with Crippen LogP contribution in [0.15, 0.2) is 48.8 Å². The Kier molecular flexibility index (Phi) is 5.30. The fraction of sp³-hybridized carbons (Fsp3) is 0.250. The molecule has 0 radical (unpaired) electrons. The van der Waals surface area contributed by atoms with Crippen molar-refractivity contribution < 1.29 is 13.9 Å². The van der Waals surface area contributed by atoms with Gasteiger partial charge in [-0.3, -0.25) is 15.0 Å². The second-order valence-electron chi connectivity index (χ2n) is 7.29. The van der Waals surface area contributed by atoms with Gasteiger partial charge in [0.1, 0.15) is 23.1 Å². The first-order chi connectivity index (χ1) is 13.2. The summed E-state index contributed by atoms with van der Waals surface area (Å²) in [6.07, 6.45) is 3.16. The summed E-state index contributed by atoms with van der Waals surface area (Å²) < 4.78 is 21.5. The van der Waals surface area contributed by atoms with Gasteiger partial charge >= 0.3 is 6.03 Å². The number of anilines is 2. The van der Waals surface area contributed by atoms with Crippen molar-refractivity contribution in [3.8, 4) is 11.5 Å². The average Bonchev–Trinajstić information content (AvgIpc) is 2.99. The molecule has 0 spiro atoms. The van der Waals surface area contributed by atoms with Crippen molar-refractivity contribution in [1.29, 1.82) is 0 Å². The van der Waals surface area contributed by atoms with Gasteiger partial charge in [-0.2, -0.15) is 5.10 Å². The van der Waals surface area contributed by atoms with E-state index in [4.69, 9.17) is 4.74 Å². The lowest BCUT2D eigenvalue weighted by Gasteiger charge is -2.13. The molecule has 0 saturated carbocycles. The largest absolute Gasteiger partial charge is 0.457 e. The van der Waals surface area contributed by atoms with E-state index in [1.807, 2.05) is 20.8 Å². The number of rotatable bonds is 4. The van der Waals surface area contributed by atoms with Gasteiger partial charge in [0, 0.05) is 37.0 Å². The molecule has 2 aromatic heterocycles. The number of aryl methyl sites for hydroxylation is 1. The van der Waals surface area contributed by atoms with Gasteiger partial charge in [-0.25, -0.2) is 9.18 Å². The minimum absolute atomic E-state index is 0.0396. The number of carbonyl (C=O) groups is 1. The number of benzene rings is 1. The molecule has 0 saturated heterocycles. The quantitative estimate of drug-likeness (QED) is 0.685. The third kappa shape index (κ3) is 4.64. The lowest BCUT2D eigenvalue weighted by atomic mass is 9.92. The highest BCUT2D eigenvalue weighted by molar-refractivity contribution is 5.99. The maximum Gasteiger partial charge on any atom is 0.324 e. The highest BCUT2D eigenvalue weighted by atomic mass is 19.1. The average molecular weight is 383 g/mol. The molecule has 3 rings (SSSR count). The molecule has 0 aliphatic rings. The van der Waals surface area contributed by atoms with Crippen LogP contribution < -0.4 is 15.4 Å². The summed E-state index contributed by atoms with van der Waals surface area (Å²) in [6.45, 7) is 6.10. The van der Waals surface area contributed by atoms with Crippen LogP contribution in [0.3, 0.4) is 0 Å². The van der Waals surface area contributed by atoms with Crippen molar-refractivity contribution >= 4 is 17.5 Å². The molecule has 0 fully saturated rings. The number of urea groups is 1. The van der Waals surface area contributed by atoms with Gasteiger partial charge in [-0.05, 0) is 24.3 Å². The second-order valence-corrected chi connectivity index (χ2v) is 7.29. The number of nitrogens with one attached hydrogen (secondary N) is 2. The van der Waals surface area contributed by atoms with Crippen molar-refractivity contribution in [3.63, 3.8) is 0 Å². The summed E-state index contributed by atoms with van der Waals surface area (Å²) in [7, 11) is 1.73. The van der Waals surface area contributed by atoms with Crippen molar-refractivity contribution in [1.82, 2.24) is 14.8 Å². The maximum atomic E-state index is 14.3. The molecule has 8 heteroatoms. The smallest absolute Gasteiger partial charge is 0.324 e. The Morgan fingerprint density at radius 3 is 2.39 bits per heavy atom. The van der Waals surface area contributed by atoms with E-state index >= 15 is 0 Å². The summed E-state index contributed by atoms with van der Waals surface area (Å²) >= 11 is 0. The topological polar surface area (TPSA) is 81.1 Å². The van der Waals surface area contributed by atoms with Gasteiger partial charge in [0.2, 0.25) is 0 Å². The van der Waals surface area contributed by atoms with Crippen LogP contribution in [0.2, 0.25) is 0 Å². The van der Waals surface area contributed by atoms with E-state index in [2.05, 4.69) is 20.7 Å². The van der Waals surface area contributed by atoms with E-state index in [0.717, 1.165) is 5.69 Å². The minimum atomic E-state index is -0.609. The third-order valence-corrected chi connectivity index (χ3v) is 3.96. The lowest BCUT2D eigenvalue weighted by Crippen LogP contribution is -2.21. The molecular weight excluding hydrogens is 361 g/mol. The van der Waals surface area contributed by atoms with E-state index < -0.39 is 11.8 Å². The van der Waals surface area contributed by atoms with E-state index in [1.165, 1.54) is 12.1 Å². The molecule has 0 unspecified atom stereocenters. The standard InChI is InChI=1S/C20H22FN5O2/c1-20(2,3)17-12-18(26(4)25-17)24-19(27)23-16-6-5-14(11-15(16)21)28-13-7-9-22-10-8-13/h5-12H,1-4H3,(H2,23,24,27). The van der Waals surface area contributed by atoms with Gasteiger partial charge in [0.25, 0.3) is 0 Å². The predicted octanol–water partition coefficient (Wildman–Crippen LogP) is 4.69. The van der Waals surface area contributed by atoms with Crippen LogP contribution >= 0.6 is 0 Å². The summed E-state index contributed by atoms with van der Waals surface area (Å²) in [5.41, 5.74) is 0.733. The molecule has 1 aromatic carbocycles. The number of carbonyl (C=O) groups excluding carboxylic acids is 1. The van der Waals surface area contributed by atoms with Crippen molar-refractivity contribution in [2.24, 2.45) is 7.05 Å². The highest BCUT2D eigenvalue weighted by Crippen LogP contribution is 2.26. The summed E-state index contributed by atoms with van der Waals surface area (Å²) in [6, 6.07) is 8.77. The first-order valence-corrected chi connectivity index (χ1v) is 8.72. The molecule has 0 aliphatic carbocycles. The Labute approximate surface area is 162 Å². The van der Waals surface area contributed by atoms with Crippen LogP contribution in [0.5, 0.6) is 11.5 Å². The zero-order chi connectivity index (χ0) is 20.3. The fourth-order valence-electron chi connectivity index (χ4n) is 2.42. The summed E-state index contributed by atoms with van der Waals surface area (Å²) in [5.74, 6) is 0.761. The Bertz CT molecular complexity index is 980. The lowest BCUT2D eigenvalue weighted by molar-refractivity contribution is 0.262. The number of hydrogen-bond acceptors (Lipinski definition) is 4. The fourth-order valence-corrected chi connectivity index (χ4v) is 2.42. The highest BCUT2D eigenvalue weighted by Gasteiger charge is 2.20. The molecule has 2 amide bonds. The Morgan fingerprint density at radius 2 is 1.79 bits per heavy atom. The minimum Gasteiger partial charge on any atom is -0.457 e. The number of aromatic nitrogens is 3. The van der Waals surface area contributed by atoms with Gasteiger partial charge < -0.3 is 10.1 Å². The Morgan fingerprint density at radius 1 is 1.07 bits per heavy atom. The van der Waals surface area contributed by atoms with Crippen LogP contribution in [0.4, 0.5) is 20.7 Å². The van der Waals surface area contributed by atoms with Crippen LogP contribution in [-0.2, 0) is 12.5 Å². The number of nitrogens with zero attached hydrogens (tertiary/aromatic N) is 3. The van der Waals surface area contributed by atoms with Crippen molar-refractivity contribution in [2.75, 3.05) is 10.6 Å². The number of pyridine rings is 1. The summed E-state index contributed by atoms with van der Waals surface area (Å²) in [5, 5.41) is 9.56. The SMILES string of the molecule is Cn1nc(C(C)(C)C)cc1NC(=O)Nc1ccc(Oc2ccncc2)cc1F. The van der Waals surface area contributed by atoms with Gasteiger partial charge in [0.15, 0.2) is 0 Å². The Balaban J connectivity index is 1.67. The first-order valence-electron chi connectivity index (χ1n) is 8.72. The molecule has 3 aromatic rings. The van der Waals surface area contributed by atoms with Crippen LogP contribution in [-0.4, -0.2) is 20.8 Å². The van der Waals surface area contributed by atoms with Crippen molar-refractivity contribution in [3.05, 3.63) is 60.3 Å². The molecule has 146 valence electrons. The molecule has 2 heterocycles. The molecule has 28 heavy (non-hydrogen) atoms. The number of halogens is 1. The second kappa shape index (κ2) is 7.67. The van der Waals surface area contributed by atoms with Gasteiger partial charge in [-0.1, -0.05) is 20.8 Å². The van der Waals surface area contributed by atoms with Crippen LogP contribution in [0, 0.1) is 5.82 Å². The monoisotopic (exact) mass is 383 g/mol. The third-order valence-electron chi connectivity index (χ3n) is 3.96. The zero-order valence-electron chi connectivity index (χ0n) is 16.2. The van der Waals surface area contributed by atoms with Gasteiger partial charge in [0.05, 0.1) is 11.4 Å². The van der Waals surface area contributed by atoms with Crippen molar-refractivity contribution in [2.45, 2.75) is 26.2 Å². The number of amides is 2. The maximum absolute atomic E-state index is 14.3. The van der Waals surface area contributed by atoms with E-state index in [1.54, 1.807) is 48.4 Å². The zero-order valence-corrected chi connectivity index (χ0v) is 16.2. The molecule has 0 atom stereocenters. The van der Waals surface area contributed by atoms with E-state index in [-0.39, 0.29) is 11.1 Å². The van der Waals surface area contributed by atoms with Gasteiger partial charge in [-0.15, -0.1) is 0 Å². The molecular formula is C20H22FN5O2. The predicted molar refractivity (Wildman–Crippen MR) is 105 cm³/mol. The first kappa shape index (κ1) is 19.3.